The van der Waals surface area contributed by atoms with E-state index in [-0.39, 0.29) is 30.1 Å². The molecule has 0 bridgehead atoms. The fourth-order valence-corrected chi connectivity index (χ4v) is 5.44. The summed E-state index contributed by atoms with van der Waals surface area (Å²) in [5.41, 5.74) is 1.78. The molecule has 8 heteroatoms. The van der Waals surface area contributed by atoms with E-state index in [2.05, 4.69) is 23.6 Å². The molecule has 1 unspecified atom stereocenters. The first-order valence-corrected chi connectivity index (χ1v) is 13.9. The van der Waals surface area contributed by atoms with E-state index in [1.807, 2.05) is 55.6 Å². The van der Waals surface area contributed by atoms with Crippen LogP contribution in [0.3, 0.4) is 0 Å². The number of piperidine rings is 1. The first-order valence-electron chi connectivity index (χ1n) is 13.1. The molecule has 2 amide bonds. The number of amides is 2. The monoisotopic (exact) mass is 567 g/mol. The lowest BCUT2D eigenvalue weighted by Crippen LogP contribution is -2.47. The maximum Gasteiger partial charge on any atom is 0.253 e. The van der Waals surface area contributed by atoms with Crippen molar-refractivity contribution in [2.24, 2.45) is 0 Å². The Morgan fingerprint density at radius 2 is 1.70 bits per heavy atom. The largest absolute Gasteiger partial charge is 0.341 e. The van der Waals surface area contributed by atoms with Gasteiger partial charge in [-0.25, -0.2) is 0 Å². The van der Waals surface area contributed by atoms with Gasteiger partial charge in [-0.1, -0.05) is 54.4 Å². The highest BCUT2D eigenvalue weighted by Gasteiger charge is 2.27. The average molecular weight is 569 g/mol. The highest BCUT2D eigenvalue weighted by atomic mass is 35.5. The molecule has 0 aliphatic carbocycles. The van der Waals surface area contributed by atoms with Gasteiger partial charge < -0.3 is 14.7 Å². The number of carbonyl (C=O) groups is 2. The summed E-state index contributed by atoms with van der Waals surface area (Å²) in [5, 5.41) is 1.07. The SMILES string of the molecule is CCCC(=O)N(CC)C1CCN(CCC(CN(C)C(=O)c2ccccc2)c2ccc(Cl)c(Cl)c2)CC1.Cl. The molecule has 2 aromatic rings. The topological polar surface area (TPSA) is 43.9 Å². The van der Waals surface area contributed by atoms with E-state index in [1.54, 1.807) is 4.90 Å². The molecule has 0 aromatic heterocycles. The molecule has 1 aliphatic rings. The third-order valence-corrected chi connectivity index (χ3v) is 7.93. The van der Waals surface area contributed by atoms with Gasteiger partial charge in [0.15, 0.2) is 0 Å². The Hall–Kier alpha value is -1.79. The molecule has 1 aliphatic heterocycles. The lowest BCUT2D eigenvalue weighted by atomic mass is 9.93. The van der Waals surface area contributed by atoms with E-state index in [0.717, 1.165) is 57.4 Å². The highest BCUT2D eigenvalue weighted by molar-refractivity contribution is 6.42. The second-order valence-electron chi connectivity index (χ2n) is 9.71. The molecule has 3 rings (SSSR count). The zero-order valence-corrected chi connectivity index (χ0v) is 24.5. The van der Waals surface area contributed by atoms with Crippen LogP contribution in [0.25, 0.3) is 0 Å². The van der Waals surface area contributed by atoms with Gasteiger partial charge >= 0.3 is 0 Å². The van der Waals surface area contributed by atoms with Gasteiger partial charge in [0.1, 0.15) is 0 Å². The summed E-state index contributed by atoms with van der Waals surface area (Å²) in [4.78, 5) is 31.9. The number of benzene rings is 2. The predicted molar refractivity (Wildman–Crippen MR) is 156 cm³/mol. The van der Waals surface area contributed by atoms with Crippen molar-refractivity contribution >= 4 is 47.4 Å². The van der Waals surface area contributed by atoms with Crippen molar-refractivity contribution in [2.45, 2.75) is 57.9 Å². The number of nitrogens with zero attached hydrogens (tertiary/aromatic N) is 3. The van der Waals surface area contributed by atoms with E-state index in [1.165, 1.54) is 0 Å². The van der Waals surface area contributed by atoms with E-state index in [0.29, 0.717) is 34.6 Å². The van der Waals surface area contributed by atoms with Crippen LogP contribution in [0, 0.1) is 0 Å². The molecular formula is C29H40Cl3N3O2. The van der Waals surface area contributed by atoms with E-state index >= 15 is 0 Å². The lowest BCUT2D eigenvalue weighted by Gasteiger charge is -2.38. The molecule has 0 radical (unpaired) electrons. The van der Waals surface area contributed by atoms with Gasteiger partial charge in [-0.2, -0.15) is 0 Å². The third kappa shape index (κ3) is 8.88. The zero-order chi connectivity index (χ0) is 26.1. The summed E-state index contributed by atoms with van der Waals surface area (Å²) >= 11 is 12.5. The van der Waals surface area contributed by atoms with Crippen LogP contribution < -0.4 is 0 Å². The number of halogens is 3. The maximum absolute atomic E-state index is 13.0. The molecule has 37 heavy (non-hydrogen) atoms. The van der Waals surface area contributed by atoms with E-state index in [9.17, 15) is 9.59 Å². The van der Waals surface area contributed by atoms with Gasteiger partial charge in [-0.15, -0.1) is 12.4 Å². The Morgan fingerprint density at radius 1 is 1.03 bits per heavy atom. The minimum atomic E-state index is 0. The van der Waals surface area contributed by atoms with Crippen LogP contribution in [0.2, 0.25) is 10.0 Å². The molecule has 0 saturated carbocycles. The molecule has 0 spiro atoms. The first kappa shape index (κ1) is 31.4. The van der Waals surface area contributed by atoms with Crippen molar-refractivity contribution in [1.29, 1.82) is 0 Å². The van der Waals surface area contributed by atoms with Crippen LogP contribution in [-0.2, 0) is 4.79 Å². The fraction of sp³-hybridized carbons (Fsp3) is 0.517. The molecule has 5 nitrogen and oxygen atoms in total. The normalized spacial score (nSPS) is 15.1. The number of hydrogen-bond acceptors (Lipinski definition) is 3. The molecule has 1 fully saturated rings. The number of carbonyl (C=O) groups excluding carboxylic acids is 2. The lowest BCUT2D eigenvalue weighted by molar-refractivity contribution is -0.134. The summed E-state index contributed by atoms with van der Waals surface area (Å²) in [6, 6.07) is 15.5. The Kier molecular flexibility index (Phi) is 13.2. The molecule has 1 atom stereocenters. The van der Waals surface area contributed by atoms with Crippen molar-refractivity contribution in [2.75, 3.05) is 39.8 Å². The van der Waals surface area contributed by atoms with Crippen molar-refractivity contribution in [3.63, 3.8) is 0 Å². The first-order chi connectivity index (χ1) is 17.3. The molecule has 1 heterocycles. The van der Waals surface area contributed by atoms with Gasteiger partial charge in [-0.05, 0) is 69.0 Å². The third-order valence-electron chi connectivity index (χ3n) is 7.19. The van der Waals surface area contributed by atoms with Crippen molar-refractivity contribution < 1.29 is 9.59 Å². The standard InChI is InChI=1S/C29H39Cl2N3O2.ClH/c1-4-9-28(35)34(5-2)25-15-18-33(19-16-25)17-14-24(23-12-13-26(30)27(31)20-23)21-32(3)29(36)22-10-7-6-8-11-22;/h6-8,10-13,20,24-25H,4-5,9,14-19,21H2,1-3H3;1H. The summed E-state index contributed by atoms with van der Waals surface area (Å²) in [5.74, 6) is 0.426. The number of rotatable bonds is 11. The van der Waals surface area contributed by atoms with Crippen LogP contribution >= 0.6 is 35.6 Å². The van der Waals surface area contributed by atoms with Gasteiger partial charge in [0, 0.05) is 57.2 Å². The quantitative estimate of drug-likeness (QED) is 0.300. The average Bonchev–Trinajstić information content (AvgIpc) is 2.89. The molecule has 0 N–H and O–H groups in total. The summed E-state index contributed by atoms with van der Waals surface area (Å²) in [6.07, 6.45) is 4.45. The maximum atomic E-state index is 13.0. The van der Waals surface area contributed by atoms with Crippen molar-refractivity contribution in [1.82, 2.24) is 14.7 Å². The van der Waals surface area contributed by atoms with Crippen molar-refractivity contribution in [3.8, 4) is 0 Å². The minimum Gasteiger partial charge on any atom is -0.341 e. The van der Waals surface area contributed by atoms with E-state index in [4.69, 9.17) is 23.2 Å². The second kappa shape index (κ2) is 15.6. The van der Waals surface area contributed by atoms with Gasteiger partial charge in [-0.3, -0.25) is 9.59 Å². The molecular weight excluding hydrogens is 529 g/mol. The summed E-state index contributed by atoms with van der Waals surface area (Å²) in [6.45, 7) is 8.40. The Balaban J connectivity index is 0.00000481. The zero-order valence-electron chi connectivity index (χ0n) is 22.2. The Labute approximate surface area is 238 Å². The second-order valence-corrected chi connectivity index (χ2v) is 10.5. The Bertz CT molecular complexity index is 997. The number of likely N-dealkylation sites (tertiary alicyclic amines) is 1. The van der Waals surface area contributed by atoms with Crippen LogP contribution in [-0.4, -0.2) is 72.3 Å². The number of likely N-dealkylation sites (N-methyl/N-ethyl adjacent to an activating group) is 1. The van der Waals surface area contributed by atoms with Crippen LogP contribution in [0.15, 0.2) is 48.5 Å². The van der Waals surface area contributed by atoms with Gasteiger partial charge in [0.25, 0.3) is 5.91 Å². The summed E-state index contributed by atoms with van der Waals surface area (Å²) in [7, 11) is 1.86. The smallest absolute Gasteiger partial charge is 0.253 e. The van der Waals surface area contributed by atoms with Crippen LogP contribution in [0.4, 0.5) is 0 Å². The predicted octanol–water partition coefficient (Wildman–Crippen LogP) is 6.77. The van der Waals surface area contributed by atoms with Gasteiger partial charge in [0.2, 0.25) is 5.91 Å². The fourth-order valence-electron chi connectivity index (χ4n) is 5.13. The Morgan fingerprint density at radius 3 is 2.30 bits per heavy atom. The minimum absolute atomic E-state index is 0. The van der Waals surface area contributed by atoms with Gasteiger partial charge in [0.05, 0.1) is 10.0 Å². The van der Waals surface area contributed by atoms with Crippen LogP contribution in [0.1, 0.15) is 67.8 Å². The van der Waals surface area contributed by atoms with Crippen molar-refractivity contribution in [3.05, 3.63) is 69.7 Å². The van der Waals surface area contributed by atoms with Crippen LogP contribution in [0.5, 0.6) is 0 Å². The molecule has 2 aromatic carbocycles. The summed E-state index contributed by atoms with van der Waals surface area (Å²) < 4.78 is 0. The molecule has 1 saturated heterocycles. The van der Waals surface area contributed by atoms with E-state index < -0.39 is 0 Å². The highest BCUT2D eigenvalue weighted by Crippen LogP contribution is 2.30. The molecule has 204 valence electrons. The number of hydrogen-bond donors (Lipinski definition) is 0.